The van der Waals surface area contributed by atoms with Crippen molar-refractivity contribution in [2.75, 3.05) is 26.9 Å². The quantitative estimate of drug-likeness (QED) is 0.688. The van der Waals surface area contributed by atoms with Crippen LogP contribution in [0.1, 0.15) is 25.3 Å². The Labute approximate surface area is 108 Å². The Hall–Kier alpha value is -1.29. The van der Waals surface area contributed by atoms with Gasteiger partial charge in [0.2, 0.25) is 0 Å². The maximum atomic E-state index is 12.1. The minimum Gasteiger partial charge on any atom is -0.493 e. The van der Waals surface area contributed by atoms with Crippen LogP contribution >= 0.6 is 0 Å². The van der Waals surface area contributed by atoms with Gasteiger partial charge in [0.25, 0.3) is 0 Å². The van der Waals surface area contributed by atoms with Crippen molar-refractivity contribution in [3.8, 4) is 11.5 Å². The lowest BCUT2D eigenvalue weighted by atomic mass is 10.2. The van der Waals surface area contributed by atoms with Crippen LogP contribution in [0, 0.1) is 0 Å². The standard InChI is InChI=1S/C14H22FNO2/c1-3-9-16-11-12-6-4-7-13(17-2)14(12)18-10-5-8-15/h4,6-7,16H,3,5,8-11H2,1-2H3. The second-order valence-corrected chi connectivity index (χ2v) is 4.02. The van der Waals surface area contributed by atoms with E-state index in [2.05, 4.69) is 12.2 Å². The van der Waals surface area contributed by atoms with Crippen LogP contribution in [0.15, 0.2) is 18.2 Å². The van der Waals surface area contributed by atoms with Crippen molar-refractivity contribution in [3.05, 3.63) is 23.8 Å². The van der Waals surface area contributed by atoms with Crippen molar-refractivity contribution in [3.63, 3.8) is 0 Å². The number of alkyl halides is 1. The third-order valence-electron chi connectivity index (χ3n) is 2.55. The number of rotatable bonds is 9. The maximum Gasteiger partial charge on any atom is 0.165 e. The molecule has 0 amide bonds. The molecule has 0 aromatic heterocycles. The molecule has 0 heterocycles. The summed E-state index contributed by atoms with van der Waals surface area (Å²) >= 11 is 0. The third kappa shape index (κ3) is 4.53. The van der Waals surface area contributed by atoms with Gasteiger partial charge in [0.15, 0.2) is 11.5 Å². The van der Waals surface area contributed by atoms with Crippen molar-refractivity contribution in [1.29, 1.82) is 0 Å². The summed E-state index contributed by atoms with van der Waals surface area (Å²) in [4.78, 5) is 0. The van der Waals surface area contributed by atoms with Gasteiger partial charge in [-0.05, 0) is 19.0 Å². The average Bonchev–Trinajstić information content (AvgIpc) is 2.40. The third-order valence-corrected chi connectivity index (χ3v) is 2.55. The molecular weight excluding hydrogens is 233 g/mol. The minimum absolute atomic E-state index is 0.363. The van der Waals surface area contributed by atoms with Crippen LogP contribution in [-0.4, -0.2) is 26.9 Å². The first-order valence-electron chi connectivity index (χ1n) is 6.38. The predicted octanol–water partition coefficient (Wildman–Crippen LogP) is 2.93. The van der Waals surface area contributed by atoms with E-state index >= 15 is 0 Å². The smallest absolute Gasteiger partial charge is 0.165 e. The summed E-state index contributed by atoms with van der Waals surface area (Å²) in [5, 5.41) is 3.32. The van der Waals surface area contributed by atoms with Gasteiger partial charge in [0.1, 0.15) is 0 Å². The highest BCUT2D eigenvalue weighted by molar-refractivity contribution is 5.46. The fourth-order valence-corrected chi connectivity index (χ4v) is 1.65. The first kappa shape index (κ1) is 14.8. The van der Waals surface area contributed by atoms with Crippen LogP contribution < -0.4 is 14.8 Å². The zero-order valence-electron chi connectivity index (χ0n) is 11.2. The number of methoxy groups -OCH3 is 1. The zero-order valence-corrected chi connectivity index (χ0v) is 11.2. The largest absolute Gasteiger partial charge is 0.493 e. The number of benzene rings is 1. The molecule has 0 aliphatic heterocycles. The summed E-state index contributed by atoms with van der Waals surface area (Å²) < 4.78 is 23.0. The molecule has 0 aliphatic rings. The molecule has 0 bridgehead atoms. The topological polar surface area (TPSA) is 30.5 Å². The number of para-hydroxylation sites is 1. The van der Waals surface area contributed by atoms with Crippen molar-refractivity contribution < 1.29 is 13.9 Å². The average molecular weight is 255 g/mol. The number of hydrogen-bond acceptors (Lipinski definition) is 3. The molecule has 1 rings (SSSR count). The lowest BCUT2D eigenvalue weighted by Crippen LogP contribution is -2.15. The van der Waals surface area contributed by atoms with E-state index in [1.54, 1.807) is 7.11 Å². The molecule has 4 heteroatoms. The number of hydrogen-bond donors (Lipinski definition) is 1. The van der Waals surface area contributed by atoms with Gasteiger partial charge in [-0.25, -0.2) is 0 Å². The Morgan fingerprint density at radius 1 is 1.33 bits per heavy atom. The zero-order chi connectivity index (χ0) is 13.2. The van der Waals surface area contributed by atoms with Crippen LogP contribution in [0.3, 0.4) is 0 Å². The highest BCUT2D eigenvalue weighted by Crippen LogP contribution is 2.31. The van der Waals surface area contributed by atoms with Gasteiger partial charge in [-0.15, -0.1) is 0 Å². The molecule has 102 valence electrons. The van der Waals surface area contributed by atoms with E-state index in [-0.39, 0.29) is 6.67 Å². The Bertz CT molecular complexity index is 345. The van der Waals surface area contributed by atoms with Gasteiger partial charge in [0, 0.05) is 18.5 Å². The molecule has 0 saturated carbocycles. The first-order valence-corrected chi connectivity index (χ1v) is 6.38. The first-order chi connectivity index (χ1) is 8.83. The summed E-state index contributed by atoms with van der Waals surface area (Å²) in [7, 11) is 1.61. The van der Waals surface area contributed by atoms with Crippen LogP contribution in [-0.2, 0) is 6.54 Å². The van der Waals surface area contributed by atoms with E-state index in [1.807, 2.05) is 18.2 Å². The maximum absolute atomic E-state index is 12.1. The Kier molecular flexibility index (Phi) is 7.18. The minimum atomic E-state index is -0.363. The van der Waals surface area contributed by atoms with E-state index in [1.165, 1.54) is 0 Å². The van der Waals surface area contributed by atoms with Crippen molar-refractivity contribution >= 4 is 0 Å². The molecule has 0 saturated heterocycles. The van der Waals surface area contributed by atoms with Crippen LogP contribution in [0.5, 0.6) is 11.5 Å². The normalized spacial score (nSPS) is 10.4. The monoisotopic (exact) mass is 255 g/mol. The van der Waals surface area contributed by atoms with Crippen LogP contribution in [0.2, 0.25) is 0 Å². The summed E-state index contributed by atoms with van der Waals surface area (Å²) in [6.45, 7) is 3.82. The van der Waals surface area contributed by atoms with Gasteiger partial charge in [-0.2, -0.15) is 0 Å². The molecule has 3 nitrogen and oxygen atoms in total. The highest BCUT2D eigenvalue weighted by Gasteiger charge is 2.10. The molecule has 0 atom stereocenters. The van der Waals surface area contributed by atoms with Crippen LogP contribution in [0.4, 0.5) is 4.39 Å². The van der Waals surface area contributed by atoms with Gasteiger partial charge < -0.3 is 14.8 Å². The molecule has 1 N–H and O–H groups in total. The van der Waals surface area contributed by atoms with Crippen molar-refractivity contribution in [2.24, 2.45) is 0 Å². The number of ether oxygens (including phenoxy) is 2. The molecule has 0 spiro atoms. The van der Waals surface area contributed by atoms with Gasteiger partial charge in [0.05, 0.1) is 20.4 Å². The fraction of sp³-hybridized carbons (Fsp3) is 0.571. The van der Waals surface area contributed by atoms with Gasteiger partial charge in [-0.3, -0.25) is 4.39 Å². The molecule has 0 fully saturated rings. The Morgan fingerprint density at radius 2 is 2.17 bits per heavy atom. The van der Waals surface area contributed by atoms with Gasteiger partial charge >= 0.3 is 0 Å². The number of nitrogens with one attached hydrogen (secondary N) is 1. The van der Waals surface area contributed by atoms with Crippen LogP contribution in [0.25, 0.3) is 0 Å². The summed E-state index contributed by atoms with van der Waals surface area (Å²) in [5.74, 6) is 1.42. The molecular formula is C14H22FNO2. The van der Waals surface area contributed by atoms with E-state index in [0.717, 1.165) is 30.8 Å². The van der Waals surface area contributed by atoms with Gasteiger partial charge in [-0.1, -0.05) is 19.1 Å². The Balaban J connectivity index is 2.72. The van der Waals surface area contributed by atoms with E-state index < -0.39 is 0 Å². The highest BCUT2D eigenvalue weighted by atomic mass is 19.1. The predicted molar refractivity (Wildman–Crippen MR) is 71.1 cm³/mol. The number of halogens is 1. The van der Waals surface area contributed by atoms with E-state index in [0.29, 0.717) is 18.8 Å². The van der Waals surface area contributed by atoms with Crippen molar-refractivity contribution in [2.45, 2.75) is 26.3 Å². The SMILES string of the molecule is CCCNCc1cccc(OC)c1OCCCF. The van der Waals surface area contributed by atoms with E-state index in [9.17, 15) is 4.39 Å². The Morgan fingerprint density at radius 3 is 2.83 bits per heavy atom. The molecule has 0 aliphatic carbocycles. The summed E-state index contributed by atoms with van der Waals surface area (Å²) in [5.41, 5.74) is 1.04. The second-order valence-electron chi connectivity index (χ2n) is 4.02. The van der Waals surface area contributed by atoms with E-state index in [4.69, 9.17) is 9.47 Å². The lowest BCUT2D eigenvalue weighted by Gasteiger charge is -2.15. The van der Waals surface area contributed by atoms with Crippen molar-refractivity contribution in [1.82, 2.24) is 5.32 Å². The summed E-state index contributed by atoms with van der Waals surface area (Å²) in [6.07, 6.45) is 1.49. The lowest BCUT2D eigenvalue weighted by molar-refractivity contribution is 0.270. The molecule has 18 heavy (non-hydrogen) atoms. The fourth-order valence-electron chi connectivity index (χ4n) is 1.65. The second kappa shape index (κ2) is 8.75. The molecule has 0 unspecified atom stereocenters. The molecule has 1 aromatic rings. The molecule has 1 aromatic carbocycles. The molecule has 0 radical (unpaired) electrons. The summed E-state index contributed by atoms with van der Waals surface area (Å²) in [6, 6.07) is 5.79.